The molecule has 5 heteroatoms. The number of nitrogens with zero attached hydrogens (tertiary/aromatic N) is 2. The van der Waals surface area contributed by atoms with E-state index in [1.807, 2.05) is 31.7 Å². The number of hydrogen-bond acceptors (Lipinski definition) is 4. The zero-order valence-corrected chi connectivity index (χ0v) is 17.2. The van der Waals surface area contributed by atoms with Gasteiger partial charge in [-0.25, -0.2) is 0 Å². The number of benzene rings is 1. The van der Waals surface area contributed by atoms with Crippen LogP contribution in [0, 0.1) is 5.41 Å². The Bertz CT molecular complexity index is 618. The maximum atomic E-state index is 12.6. The van der Waals surface area contributed by atoms with Gasteiger partial charge < -0.3 is 14.4 Å². The molecule has 0 aromatic heterocycles. The summed E-state index contributed by atoms with van der Waals surface area (Å²) in [7, 11) is 1.75. The molecule has 5 nitrogen and oxygen atoms in total. The van der Waals surface area contributed by atoms with E-state index < -0.39 is 0 Å². The van der Waals surface area contributed by atoms with Gasteiger partial charge in [0.1, 0.15) is 0 Å². The molecular formula is C22H34N2O3. The lowest BCUT2D eigenvalue weighted by atomic mass is 9.86. The van der Waals surface area contributed by atoms with Gasteiger partial charge in [-0.1, -0.05) is 51.1 Å². The van der Waals surface area contributed by atoms with Crippen LogP contribution in [-0.4, -0.2) is 67.7 Å². The molecule has 1 amide bonds. The Morgan fingerprint density at radius 1 is 1.22 bits per heavy atom. The van der Waals surface area contributed by atoms with Crippen LogP contribution in [0.15, 0.2) is 30.3 Å². The van der Waals surface area contributed by atoms with Gasteiger partial charge in [0.25, 0.3) is 0 Å². The number of rotatable bonds is 4. The van der Waals surface area contributed by atoms with Gasteiger partial charge in [-0.15, -0.1) is 0 Å². The van der Waals surface area contributed by atoms with E-state index in [1.165, 1.54) is 5.56 Å². The number of methoxy groups -OCH3 is 1. The fourth-order valence-electron chi connectivity index (χ4n) is 4.18. The van der Waals surface area contributed by atoms with Crippen LogP contribution in [0.5, 0.6) is 0 Å². The molecule has 1 unspecified atom stereocenters. The average molecular weight is 375 g/mol. The minimum atomic E-state index is -0.324. The topological polar surface area (TPSA) is 42.0 Å². The Labute approximate surface area is 163 Å². The van der Waals surface area contributed by atoms with Crippen molar-refractivity contribution in [2.75, 3.05) is 46.4 Å². The molecule has 150 valence electrons. The molecular weight excluding hydrogens is 340 g/mol. The highest BCUT2D eigenvalue weighted by Gasteiger charge is 2.44. The summed E-state index contributed by atoms with van der Waals surface area (Å²) in [6.45, 7) is 11.0. The molecule has 0 N–H and O–H groups in total. The molecule has 1 spiro atoms. The molecule has 0 saturated carbocycles. The molecule has 2 fully saturated rings. The summed E-state index contributed by atoms with van der Waals surface area (Å²) < 4.78 is 12.0. The highest BCUT2D eigenvalue weighted by atomic mass is 16.5. The SMILES string of the molecule is COCCN1CC(c2ccccc2)OC2(CCN(C(=O)C(C)(C)C)CC2)C1. The highest BCUT2D eigenvalue weighted by Crippen LogP contribution is 2.38. The second-order valence-electron chi connectivity index (χ2n) is 8.97. The summed E-state index contributed by atoms with van der Waals surface area (Å²) in [5, 5.41) is 0. The Morgan fingerprint density at radius 2 is 1.89 bits per heavy atom. The van der Waals surface area contributed by atoms with E-state index in [4.69, 9.17) is 9.47 Å². The van der Waals surface area contributed by atoms with Gasteiger partial charge in [-0.05, 0) is 18.4 Å². The van der Waals surface area contributed by atoms with E-state index in [2.05, 4.69) is 29.2 Å². The van der Waals surface area contributed by atoms with Crippen LogP contribution in [0.4, 0.5) is 0 Å². The molecule has 3 rings (SSSR count). The second kappa shape index (κ2) is 8.29. The van der Waals surface area contributed by atoms with Crippen molar-refractivity contribution in [2.45, 2.75) is 45.3 Å². The first-order chi connectivity index (χ1) is 12.8. The standard InChI is InChI=1S/C22H34N2O3/c1-21(2,3)20(25)24-12-10-22(11-13-24)17-23(14-15-26-4)16-19(27-22)18-8-6-5-7-9-18/h5-9,19H,10-17H2,1-4H3. The first-order valence-corrected chi connectivity index (χ1v) is 10.1. The normalized spacial score (nSPS) is 23.6. The summed E-state index contributed by atoms with van der Waals surface area (Å²) in [6, 6.07) is 10.5. The van der Waals surface area contributed by atoms with Crippen LogP contribution in [0.2, 0.25) is 0 Å². The third kappa shape index (κ3) is 4.89. The van der Waals surface area contributed by atoms with Crippen molar-refractivity contribution in [3.05, 3.63) is 35.9 Å². The van der Waals surface area contributed by atoms with E-state index >= 15 is 0 Å². The molecule has 1 aromatic rings. The summed E-state index contributed by atoms with van der Waals surface area (Å²) in [4.78, 5) is 17.1. The molecule has 0 radical (unpaired) electrons. The number of carbonyl (C=O) groups is 1. The first kappa shape index (κ1) is 20.3. The van der Waals surface area contributed by atoms with Crippen molar-refractivity contribution in [1.82, 2.24) is 9.80 Å². The van der Waals surface area contributed by atoms with Gasteiger partial charge in [0.2, 0.25) is 5.91 Å². The number of ether oxygens (including phenoxy) is 2. The van der Waals surface area contributed by atoms with Gasteiger partial charge in [-0.2, -0.15) is 0 Å². The number of amides is 1. The number of hydrogen-bond donors (Lipinski definition) is 0. The number of likely N-dealkylation sites (tertiary alicyclic amines) is 1. The van der Waals surface area contributed by atoms with Crippen molar-refractivity contribution in [1.29, 1.82) is 0 Å². The van der Waals surface area contributed by atoms with Gasteiger partial charge in [0, 0.05) is 45.2 Å². The third-order valence-corrected chi connectivity index (χ3v) is 5.71. The maximum absolute atomic E-state index is 12.6. The Hall–Kier alpha value is -1.43. The van der Waals surface area contributed by atoms with Gasteiger partial charge >= 0.3 is 0 Å². The lowest BCUT2D eigenvalue weighted by Crippen LogP contribution is -2.59. The minimum Gasteiger partial charge on any atom is -0.383 e. The molecule has 2 heterocycles. The van der Waals surface area contributed by atoms with E-state index in [0.29, 0.717) is 0 Å². The Kier molecular flexibility index (Phi) is 6.24. The molecule has 0 aliphatic carbocycles. The lowest BCUT2D eigenvalue weighted by molar-refractivity contribution is -0.183. The van der Waals surface area contributed by atoms with Gasteiger partial charge in [0.05, 0.1) is 18.3 Å². The van der Waals surface area contributed by atoms with Gasteiger partial charge in [0.15, 0.2) is 0 Å². The smallest absolute Gasteiger partial charge is 0.227 e. The maximum Gasteiger partial charge on any atom is 0.227 e. The van der Waals surface area contributed by atoms with Crippen LogP contribution < -0.4 is 0 Å². The van der Waals surface area contributed by atoms with Crippen molar-refractivity contribution in [2.24, 2.45) is 5.41 Å². The van der Waals surface area contributed by atoms with Crippen LogP contribution in [0.3, 0.4) is 0 Å². The van der Waals surface area contributed by atoms with Crippen molar-refractivity contribution in [3.63, 3.8) is 0 Å². The van der Waals surface area contributed by atoms with Crippen molar-refractivity contribution in [3.8, 4) is 0 Å². The second-order valence-corrected chi connectivity index (χ2v) is 8.97. The number of carbonyl (C=O) groups excluding carboxylic acids is 1. The number of morpholine rings is 1. The largest absolute Gasteiger partial charge is 0.383 e. The molecule has 1 aromatic carbocycles. The fourth-order valence-corrected chi connectivity index (χ4v) is 4.18. The van der Waals surface area contributed by atoms with E-state index in [0.717, 1.165) is 52.2 Å². The van der Waals surface area contributed by atoms with Crippen LogP contribution in [-0.2, 0) is 14.3 Å². The van der Waals surface area contributed by atoms with Gasteiger partial charge in [-0.3, -0.25) is 9.69 Å². The van der Waals surface area contributed by atoms with Crippen molar-refractivity contribution < 1.29 is 14.3 Å². The van der Waals surface area contributed by atoms with E-state index in [-0.39, 0.29) is 23.0 Å². The lowest BCUT2D eigenvalue weighted by Gasteiger charge is -2.50. The first-order valence-electron chi connectivity index (χ1n) is 10.1. The summed E-state index contributed by atoms with van der Waals surface area (Å²) in [6.07, 6.45) is 1.85. The summed E-state index contributed by atoms with van der Waals surface area (Å²) in [5.74, 6) is 0.240. The molecule has 2 aliphatic heterocycles. The van der Waals surface area contributed by atoms with Crippen LogP contribution in [0.25, 0.3) is 0 Å². The minimum absolute atomic E-state index is 0.0710. The summed E-state index contributed by atoms with van der Waals surface area (Å²) >= 11 is 0. The fraction of sp³-hybridized carbons (Fsp3) is 0.682. The average Bonchev–Trinajstić information content (AvgIpc) is 2.66. The predicted octanol–water partition coefficient (Wildman–Crippen LogP) is 3.11. The quantitative estimate of drug-likeness (QED) is 0.812. The molecule has 27 heavy (non-hydrogen) atoms. The Balaban J connectivity index is 1.72. The number of piperidine rings is 1. The Morgan fingerprint density at radius 3 is 2.48 bits per heavy atom. The predicted molar refractivity (Wildman–Crippen MR) is 107 cm³/mol. The zero-order valence-electron chi connectivity index (χ0n) is 17.2. The van der Waals surface area contributed by atoms with E-state index in [1.54, 1.807) is 7.11 Å². The molecule has 0 bridgehead atoms. The van der Waals surface area contributed by atoms with E-state index in [9.17, 15) is 4.79 Å². The summed E-state index contributed by atoms with van der Waals surface area (Å²) in [5.41, 5.74) is 0.725. The zero-order chi connectivity index (χ0) is 19.5. The van der Waals surface area contributed by atoms with Crippen LogP contribution >= 0.6 is 0 Å². The highest BCUT2D eigenvalue weighted by molar-refractivity contribution is 5.81. The third-order valence-electron chi connectivity index (χ3n) is 5.71. The molecule has 2 aliphatic rings. The molecule has 2 saturated heterocycles. The monoisotopic (exact) mass is 374 g/mol. The molecule has 1 atom stereocenters. The van der Waals surface area contributed by atoms with Crippen LogP contribution in [0.1, 0.15) is 45.3 Å². The van der Waals surface area contributed by atoms with Crippen molar-refractivity contribution >= 4 is 5.91 Å².